The fraction of sp³-hybridized carbons (Fsp3) is 0.481. The van der Waals surface area contributed by atoms with Crippen LogP contribution in [0, 0.1) is 12.8 Å². The lowest BCUT2D eigenvalue weighted by molar-refractivity contribution is 0.0682. The predicted molar refractivity (Wildman–Crippen MR) is 133 cm³/mol. The molecular weight excluding hydrogens is 430 g/mol. The molecule has 7 nitrogen and oxygen atoms in total. The maximum absolute atomic E-state index is 13.4. The lowest BCUT2D eigenvalue weighted by Gasteiger charge is -2.32. The van der Waals surface area contributed by atoms with Crippen LogP contribution in [0.4, 0.5) is 0 Å². The molecule has 3 aromatic rings. The van der Waals surface area contributed by atoms with Crippen LogP contribution in [0.3, 0.4) is 0 Å². The molecule has 0 radical (unpaired) electrons. The quantitative estimate of drug-likeness (QED) is 0.440. The Kier molecular flexibility index (Phi) is 7.60. The minimum absolute atomic E-state index is 0.00710. The lowest BCUT2D eigenvalue weighted by atomic mass is 9.96. The maximum Gasteiger partial charge on any atom is 0.254 e. The summed E-state index contributed by atoms with van der Waals surface area (Å²) in [6, 6.07) is 11.8. The molecule has 2 aromatic carbocycles. The number of carbonyl (C=O) groups excluding carboxylic acids is 1. The molecule has 7 heteroatoms. The van der Waals surface area contributed by atoms with E-state index < -0.39 is 0 Å². The predicted octanol–water partition coefficient (Wildman–Crippen LogP) is 5.09. The van der Waals surface area contributed by atoms with Gasteiger partial charge in [0.05, 0.1) is 30.9 Å². The Morgan fingerprint density at radius 1 is 0.971 bits per heavy atom. The van der Waals surface area contributed by atoms with Crippen LogP contribution in [0.2, 0.25) is 0 Å². The summed E-state index contributed by atoms with van der Waals surface area (Å²) < 4.78 is 19.7. The standard InChI is InChI=1S/C27H35N3O4/c1-5-32-24-16-21(17-25(33-6-2)26(24)34-7-3)27(31)29-14-12-20(13-15-29)18-30-19(4)28-22-10-8-9-11-23(22)30/h8-11,16-17,20H,5-7,12-15,18H2,1-4H3. The number of amides is 1. The smallest absolute Gasteiger partial charge is 0.254 e. The summed E-state index contributed by atoms with van der Waals surface area (Å²) in [5.41, 5.74) is 2.79. The van der Waals surface area contributed by atoms with Gasteiger partial charge in [-0.1, -0.05) is 12.1 Å². The van der Waals surface area contributed by atoms with Crippen molar-refractivity contribution < 1.29 is 19.0 Å². The van der Waals surface area contributed by atoms with Gasteiger partial charge in [0.15, 0.2) is 11.5 Å². The van der Waals surface area contributed by atoms with Crippen LogP contribution < -0.4 is 14.2 Å². The Hall–Kier alpha value is -3.22. The van der Waals surface area contributed by atoms with Gasteiger partial charge in [-0.2, -0.15) is 0 Å². The Morgan fingerprint density at radius 2 is 1.59 bits per heavy atom. The van der Waals surface area contributed by atoms with Crippen LogP contribution in [0.15, 0.2) is 36.4 Å². The van der Waals surface area contributed by atoms with E-state index in [-0.39, 0.29) is 5.91 Å². The third kappa shape index (κ3) is 4.98. The highest BCUT2D eigenvalue weighted by Gasteiger charge is 2.27. The monoisotopic (exact) mass is 465 g/mol. The Balaban J connectivity index is 1.47. The molecule has 0 bridgehead atoms. The molecule has 0 N–H and O–H groups in total. The Morgan fingerprint density at radius 3 is 2.21 bits per heavy atom. The van der Waals surface area contributed by atoms with Crippen LogP contribution in [-0.4, -0.2) is 53.3 Å². The number of ether oxygens (including phenoxy) is 3. The zero-order chi connectivity index (χ0) is 24.1. The molecule has 0 atom stereocenters. The number of rotatable bonds is 9. The van der Waals surface area contributed by atoms with E-state index >= 15 is 0 Å². The maximum atomic E-state index is 13.4. The number of likely N-dealkylation sites (tertiary alicyclic amines) is 1. The first-order valence-electron chi connectivity index (χ1n) is 12.3. The van der Waals surface area contributed by atoms with Crippen molar-refractivity contribution in [2.45, 2.75) is 47.1 Å². The fourth-order valence-electron chi connectivity index (χ4n) is 4.70. The average molecular weight is 466 g/mol. The minimum atomic E-state index is 0.00710. The minimum Gasteiger partial charge on any atom is -0.490 e. The summed E-state index contributed by atoms with van der Waals surface area (Å²) in [4.78, 5) is 20.0. The summed E-state index contributed by atoms with van der Waals surface area (Å²) in [5, 5.41) is 0. The molecule has 2 heterocycles. The molecule has 1 aliphatic heterocycles. The van der Waals surface area contributed by atoms with Crippen LogP contribution in [0.5, 0.6) is 17.2 Å². The van der Waals surface area contributed by atoms with Gasteiger partial charge in [0.25, 0.3) is 5.91 Å². The first kappa shape index (κ1) is 23.9. The van der Waals surface area contributed by atoms with Gasteiger partial charge in [-0.25, -0.2) is 4.98 Å². The molecule has 1 fully saturated rings. The number of hydrogen-bond donors (Lipinski definition) is 0. The second-order valence-electron chi connectivity index (χ2n) is 8.59. The highest BCUT2D eigenvalue weighted by Crippen LogP contribution is 2.39. The molecule has 1 amide bonds. The second kappa shape index (κ2) is 10.8. The van der Waals surface area contributed by atoms with Crippen LogP contribution in [0.1, 0.15) is 49.8 Å². The zero-order valence-corrected chi connectivity index (χ0v) is 20.7. The van der Waals surface area contributed by atoms with Crippen molar-refractivity contribution in [1.29, 1.82) is 0 Å². The number of para-hydroxylation sites is 2. The van der Waals surface area contributed by atoms with Gasteiger partial charge >= 0.3 is 0 Å². The summed E-state index contributed by atoms with van der Waals surface area (Å²) in [7, 11) is 0. The Bertz CT molecular complexity index is 1110. The van der Waals surface area contributed by atoms with Gasteiger partial charge in [0, 0.05) is 25.2 Å². The van der Waals surface area contributed by atoms with Crippen molar-refractivity contribution in [2.75, 3.05) is 32.9 Å². The van der Waals surface area contributed by atoms with E-state index in [0.717, 1.165) is 43.8 Å². The molecule has 0 unspecified atom stereocenters. The lowest BCUT2D eigenvalue weighted by Crippen LogP contribution is -2.39. The third-order valence-corrected chi connectivity index (χ3v) is 6.34. The number of aromatic nitrogens is 2. The van der Waals surface area contributed by atoms with E-state index in [9.17, 15) is 4.79 Å². The van der Waals surface area contributed by atoms with Crippen LogP contribution >= 0.6 is 0 Å². The van der Waals surface area contributed by atoms with Gasteiger partial charge in [-0.3, -0.25) is 4.79 Å². The first-order valence-corrected chi connectivity index (χ1v) is 12.3. The number of fused-ring (bicyclic) bond motifs is 1. The largest absolute Gasteiger partial charge is 0.490 e. The topological polar surface area (TPSA) is 65.8 Å². The SMILES string of the molecule is CCOc1cc(C(=O)N2CCC(Cn3c(C)nc4ccccc43)CC2)cc(OCC)c1OCC. The number of aryl methyl sites for hydroxylation is 1. The first-order chi connectivity index (χ1) is 16.5. The normalized spacial score (nSPS) is 14.4. The molecule has 4 rings (SSSR count). The van der Waals surface area contributed by atoms with E-state index in [2.05, 4.69) is 29.7 Å². The molecule has 1 saturated heterocycles. The highest BCUT2D eigenvalue weighted by molar-refractivity contribution is 5.95. The molecule has 34 heavy (non-hydrogen) atoms. The molecule has 0 spiro atoms. The summed E-state index contributed by atoms with van der Waals surface area (Å²) in [6.07, 6.45) is 1.93. The van der Waals surface area contributed by atoms with Crippen molar-refractivity contribution in [3.05, 3.63) is 47.8 Å². The second-order valence-corrected chi connectivity index (χ2v) is 8.59. The summed E-state index contributed by atoms with van der Waals surface area (Å²) >= 11 is 0. The molecule has 182 valence electrons. The molecule has 1 aromatic heterocycles. The van der Waals surface area contributed by atoms with Gasteiger partial charge < -0.3 is 23.7 Å². The van der Waals surface area contributed by atoms with Gasteiger partial charge in [0.2, 0.25) is 5.75 Å². The van der Waals surface area contributed by atoms with Gasteiger partial charge in [0.1, 0.15) is 5.82 Å². The summed E-state index contributed by atoms with van der Waals surface area (Å²) in [5.74, 6) is 3.23. The van der Waals surface area contributed by atoms with Gasteiger partial charge in [-0.05, 0) is 70.7 Å². The number of nitrogens with zero attached hydrogens (tertiary/aromatic N) is 3. The van der Waals surface area contributed by atoms with E-state index in [4.69, 9.17) is 19.2 Å². The van der Waals surface area contributed by atoms with E-state index in [0.29, 0.717) is 48.6 Å². The number of hydrogen-bond acceptors (Lipinski definition) is 5. The molecule has 0 saturated carbocycles. The number of imidazole rings is 1. The van der Waals surface area contributed by atoms with E-state index in [1.165, 1.54) is 5.52 Å². The van der Waals surface area contributed by atoms with Crippen molar-refractivity contribution >= 4 is 16.9 Å². The number of benzene rings is 2. The fourth-order valence-corrected chi connectivity index (χ4v) is 4.70. The van der Waals surface area contributed by atoms with E-state index in [1.807, 2.05) is 31.7 Å². The number of piperidine rings is 1. The van der Waals surface area contributed by atoms with Crippen LogP contribution in [-0.2, 0) is 6.54 Å². The molecular formula is C27H35N3O4. The van der Waals surface area contributed by atoms with Crippen molar-refractivity contribution in [3.8, 4) is 17.2 Å². The average Bonchev–Trinajstić information content (AvgIpc) is 3.16. The Labute approximate surface area is 201 Å². The van der Waals surface area contributed by atoms with Crippen molar-refractivity contribution in [3.63, 3.8) is 0 Å². The number of carbonyl (C=O) groups is 1. The van der Waals surface area contributed by atoms with Crippen molar-refractivity contribution in [1.82, 2.24) is 14.5 Å². The molecule has 0 aliphatic carbocycles. The zero-order valence-electron chi connectivity index (χ0n) is 20.7. The third-order valence-electron chi connectivity index (χ3n) is 6.34. The molecule has 1 aliphatic rings. The highest BCUT2D eigenvalue weighted by atomic mass is 16.5. The van der Waals surface area contributed by atoms with Gasteiger partial charge in [-0.15, -0.1) is 0 Å². The van der Waals surface area contributed by atoms with E-state index in [1.54, 1.807) is 12.1 Å². The summed E-state index contributed by atoms with van der Waals surface area (Å²) in [6.45, 7) is 11.7. The van der Waals surface area contributed by atoms with Crippen LogP contribution in [0.25, 0.3) is 11.0 Å². The van der Waals surface area contributed by atoms with Crippen molar-refractivity contribution in [2.24, 2.45) is 5.92 Å².